The number of anilines is 1. The van der Waals surface area contributed by atoms with Crippen molar-refractivity contribution in [3.63, 3.8) is 0 Å². The molecule has 26 heavy (non-hydrogen) atoms. The lowest BCUT2D eigenvalue weighted by Gasteiger charge is -2.31. The van der Waals surface area contributed by atoms with Gasteiger partial charge < -0.3 is 15.7 Å². The minimum Gasteiger partial charge on any atom is -0.480 e. The zero-order valence-corrected chi connectivity index (χ0v) is 17.0. The van der Waals surface area contributed by atoms with Crippen molar-refractivity contribution >= 4 is 16.9 Å². The first kappa shape index (κ1) is 20.5. The highest BCUT2D eigenvalue weighted by atomic mass is 16.3. The van der Waals surface area contributed by atoms with E-state index in [1.165, 1.54) is 12.8 Å². The average molecular weight is 362 g/mol. The lowest BCUT2D eigenvalue weighted by Crippen LogP contribution is -2.38. The number of hydrogen-bond acceptors (Lipinski definition) is 5. The first-order valence-electron chi connectivity index (χ1n) is 9.80. The molecule has 0 atom stereocenters. The van der Waals surface area contributed by atoms with Crippen LogP contribution in [0.2, 0.25) is 0 Å². The van der Waals surface area contributed by atoms with Crippen molar-refractivity contribution < 1.29 is 5.11 Å². The molecule has 0 bridgehead atoms. The summed E-state index contributed by atoms with van der Waals surface area (Å²) in [5, 5.41) is 10.3. The number of rotatable bonds is 9. The molecule has 0 aliphatic carbocycles. The van der Waals surface area contributed by atoms with E-state index in [-0.39, 0.29) is 11.5 Å². The van der Waals surface area contributed by atoms with Gasteiger partial charge >= 0.3 is 0 Å². The molecule has 0 aromatic carbocycles. The van der Waals surface area contributed by atoms with Gasteiger partial charge in [0.2, 0.25) is 0 Å². The summed E-state index contributed by atoms with van der Waals surface area (Å²) in [6.45, 7) is 10.6. The number of unbranched alkanes of at least 4 members (excludes halogenated alkanes) is 3. The van der Waals surface area contributed by atoms with Crippen LogP contribution in [0, 0.1) is 0 Å². The summed E-state index contributed by atoms with van der Waals surface area (Å²) in [4.78, 5) is 11.0. The van der Waals surface area contributed by atoms with Gasteiger partial charge in [-0.3, -0.25) is 4.57 Å². The van der Waals surface area contributed by atoms with E-state index in [9.17, 15) is 5.11 Å². The van der Waals surface area contributed by atoms with Crippen LogP contribution >= 0.6 is 0 Å². The Labute approximate surface area is 157 Å². The number of pyridine rings is 1. The highest BCUT2D eigenvalue weighted by Crippen LogP contribution is 2.26. The van der Waals surface area contributed by atoms with Gasteiger partial charge in [-0.05, 0) is 66.1 Å². The predicted molar refractivity (Wildman–Crippen MR) is 108 cm³/mol. The Balaban J connectivity index is 2.07. The van der Waals surface area contributed by atoms with Crippen LogP contribution in [0.25, 0.3) is 11.0 Å². The molecule has 0 radical (unpaired) electrons. The molecule has 2 heterocycles. The van der Waals surface area contributed by atoms with Crippen LogP contribution in [0.5, 0.6) is 6.01 Å². The summed E-state index contributed by atoms with van der Waals surface area (Å²) in [5.74, 6) is 0.413. The molecule has 2 aromatic heterocycles. The van der Waals surface area contributed by atoms with Crippen molar-refractivity contribution in [2.24, 2.45) is 0 Å². The molecule has 0 amide bonds. The predicted octanol–water partition coefficient (Wildman–Crippen LogP) is 3.96. The third kappa shape index (κ3) is 5.10. The van der Waals surface area contributed by atoms with E-state index < -0.39 is 0 Å². The smallest absolute Gasteiger partial charge is 0.294 e. The number of hydrogen-bond donors (Lipinski definition) is 2. The third-order valence-corrected chi connectivity index (χ3v) is 5.10. The molecule has 146 valence electrons. The first-order chi connectivity index (χ1) is 12.2. The summed E-state index contributed by atoms with van der Waals surface area (Å²) in [7, 11) is 2.15. The van der Waals surface area contributed by atoms with Gasteiger partial charge in [-0.2, -0.15) is 4.98 Å². The SMILES string of the molecule is CCCCCc1cc2c(nc(O)n2CCCCN(C)C(C)(C)C)c(N)n1. The number of nitrogen functional groups attached to an aromatic ring is 1. The van der Waals surface area contributed by atoms with Crippen molar-refractivity contribution in [3.8, 4) is 6.01 Å². The first-order valence-corrected chi connectivity index (χ1v) is 9.80. The number of aryl methyl sites for hydroxylation is 2. The maximum atomic E-state index is 10.3. The third-order valence-electron chi connectivity index (χ3n) is 5.10. The summed E-state index contributed by atoms with van der Waals surface area (Å²) >= 11 is 0. The zero-order chi connectivity index (χ0) is 19.3. The summed E-state index contributed by atoms with van der Waals surface area (Å²) < 4.78 is 1.87. The Bertz CT molecular complexity index is 717. The number of aromatic nitrogens is 3. The van der Waals surface area contributed by atoms with E-state index >= 15 is 0 Å². The van der Waals surface area contributed by atoms with Gasteiger partial charge in [-0.25, -0.2) is 4.98 Å². The molecular formula is C20H35N5O. The number of fused-ring (bicyclic) bond motifs is 1. The molecule has 3 N–H and O–H groups in total. The van der Waals surface area contributed by atoms with Gasteiger partial charge in [-0.15, -0.1) is 0 Å². The minimum absolute atomic E-state index is 0.0309. The lowest BCUT2D eigenvalue weighted by atomic mass is 10.1. The molecule has 0 saturated heterocycles. The Morgan fingerprint density at radius 3 is 2.54 bits per heavy atom. The summed E-state index contributed by atoms with van der Waals surface area (Å²) in [6.07, 6.45) is 6.43. The van der Waals surface area contributed by atoms with Crippen LogP contribution < -0.4 is 5.73 Å². The summed E-state index contributed by atoms with van der Waals surface area (Å²) in [6, 6.07) is 2.07. The molecule has 0 aliphatic heterocycles. The minimum atomic E-state index is 0.0309. The van der Waals surface area contributed by atoms with Crippen molar-refractivity contribution in [1.29, 1.82) is 0 Å². The fraction of sp³-hybridized carbons (Fsp3) is 0.700. The van der Waals surface area contributed by atoms with Crippen LogP contribution in [0.15, 0.2) is 6.07 Å². The number of aromatic hydroxyl groups is 1. The Morgan fingerprint density at radius 1 is 1.15 bits per heavy atom. The van der Waals surface area contributed by atoms with Gasteiger partial charge in [0.05, 0.1) is 5.52 Å². The van der Waals surface area contributed by atoms with Crippen LogP contribution in [-0.2, 0) is 13.0 Å². The fourth-order valence-electron chi connectivity index (χ4n) is 3.04. The van der Waals surface area contributed by atoms with Gasteiger partial charge in [0.25, 0.3) is 6.01 Å². The van der Waals surface area contributed by atoms with Gasteiger partial charge in [-0.1, -0.05) is 19.8 Å². The van der Waals surface area contributed by atoms with Gasteiger partial charge in [0, 0.05) is 17.8 Å². The van der Waals surface area contributed by atoms with E-state index in [2.05, 4.69) is 49.6 Å². The number of nitrogens with two attached hydrogens (primary N) is 1. The molecule has 2 rings (SSSR count). The normalized spacial score (nSPS) is 12.4. The van der Waals surface area contributed by atoms with E-state index in [0.29, 0.717) is 11.3 Å². The van der Waals surface area contributed by atoms with Gasteiger partial charge in [0.15, 0.2) is 5.82 Å². The van der Waals surface area contributed by atoms with Crippen molar-refractivity contribution in [2.75, 3.05) is 19.3 Å². The lowest BCUT2D eigenvalue weighted by molar-refractivity contribution is 0.172. The molecule has 2 aromatic rings. The van der Waals surface area contributed by atoms with Gasteiger partial charge in [0.1, 0.15) is 5.52 Å². The van der Waals surface area contributed by atoms with E-state index in [0.717, 1.165) is 50.0 Å². The van der Waals surface area contributed by atoms with Crippen LogP contribution in [0.1, 0.15) is 65.5 Å². The Morgan fingerprint density at radius 2 is 1.88 bits per heavy atom. The molecular weight excluding hydrogens is 326 g/mol. The largest absolute Gasteiger partial charge is 0.480 e. The topological polar surface area (TPSA) is 80.2 Å². The van der Waals surface area contributed by atoms with E-state index in [4.69, 9.17) is 5.73 Å². The number of imidazole rings is 1. The van der Waals surface area contributed by atoms with Crippen LogP contribution in [-0.4, -0.2) is 43.7 Å². The average Bonchev–Trinajstić information content (AvgIpc) is 2.87. The fourth-order valence-corrected chi connectivity index (χ4v) is 3.04. The maximum absolute atomic E-state index is 10.3. The molecule has 0 aliphatic rings. The van der Waals surface area contributed by atoms with Crippen molar-refractivity contribution in [2.45, 2.75) is 78.3 Å². The second kappa shape index (κ2) is 8.71. The van der Waals surface area contributed by atoms with Crippen LogP contribution in [0.3, 0.4) is 0 Å². The second-order valence-electron chi connectivity index (χ2n) is 8.19. The second-order valence-corrected chi connectivity index (χ2v) is 8.19. The number of nitrogens with zero attached hydrogens (tertiary/aromatic N) is 4. The summed E-state index contributed by atoms with van der Waals surface area (Å²) in [5.41, 5.74) is 8.74. The molecule has 0 unspecified atom stereocenters. The highest BCUT2D eigenvalue weighted by molar-refractivity contribution is 5.86. The molecule has 0 saturated carbocycles. The zero-order valence-electron chi connectivity index (χ0n) is 17.0. The Hall–Kier alpha value is -1.82. The monoisotopic (exact) mass is 361 g/mol. The molecule has 0 spiro atoms. The highest BCUT2D eigenvalue weighted by Gasteiger charge is 2.17. The Kier molecular flexibility index (Phi) is 6.87. The molecule has 6 nitrogen and oxygen atoms in total. The van der Waals surface area contributed by atoms with Crippen molar-refractivity contribution in [1.82, 2.24) is 19.4 Å². The maximum Gasteiger partial charge on any atom is 0.294 e. The van der Waals surface area contributed by atoms with E-state index in [1.54, 1.807) is 0 Å². The van der Waals surface area contributed by atoms with Crippen LogP contribution in [0.4, 0.5) is 5.82 Å². The standard InChI is InChI=1S/C20H35N5O/c1-6-7-8-11-15-14-16-17(18(21)22-15)23-19(26)25(16)13-10-9-12-24(5)20(2,3)4/h14H,6-13H2,1-5H3,(H2,21,22)(H,23,26). The van der Waals surface area contributed by atoms with Crippen molar-refractivity contribution in [3.05, 3.63) is 11.8 Å². The van der Waals surface area contributed by atoms with E-state index in [1.807, 2.05) is 10.6 Å². The quantitative estimate of drug-likeness (QED) is 0.661. The molecule has 0 fully saturated rings. The molecule has 6 heteroatoms.